The summed E-state index contributed by atoms with van der Waals surface area (Å²) in [5.41, 5.74) is 0.867. The maximum absolute atomic E-state index is 11.5. The van der Waals surface area contributed by atoms with Crippen molar-refractivity contribution in [3.63, 3.8) is 0 Å². The van der Waals surface area contributed by atoms with Crippen molar-refractivity contribution in [3.8, 4) is 0 Å². The second-order valence-corrected chi connectivity index (χ2v) is 4.33. The largest absolute Gasteiger partial charge is 0.456 e. The van der Waals surface area contributed by atoms with Crippen molar-refractivity contribution in [2.24, 2.45) is 0 Å². The minimum Gasteiger partial charge on any atom is -0.456 e. The van der Waals surface area contributed by atoms with Gasteiger partial charge in [0.15, 0.2) is 5.76 Å². The first-order valence-electron chi connectivity index (χ1n) is 4.61. The van der Waals surface area contributed by atoms with Crippen LogP contribution in [0.4, 0.5) is 0 Å². The number of alkyl halides is 1. The predicted molar refractivity (Wildman–Crippen MR) is 63.7 cm³/mol. The lowest BCUT2D eigenvalue weighted by atomic mass is 10.3. The molecule has 0 bridgehead atoms. The van der Waals surface area contributed by atoms with E-state index in [1.807, 2.05) is 6.26 Å². The molecule has 1 aromatic rings. The molecule has 0 unspecified atom stereocenters. The van der Waals surface area contributed by atoms with Gasteiger partial charge in [0.1, 0.15) is 5.76 Å². The number of carbonyl (C=O) groups excluding carboxylic acids is 1. The summed E-state index contributed by atoms with van der Waals surface area (Å²) >= 11 is 7.37. The van der Waals surface area contributed by atoms with E-state index in [1.54, 1.807) is 24.8 Å². The van der Waals surface area contributed by atoms with Crippen LogP contribution in [0.25, 0.3) is 0 Å². The Morgan fingerprint density at radius 1 is 1.67 bits per heavy atom. The molecule has 0 saturated heterocycles. The standard InChI is InChI=1S/C10H14ClNO2S/c1-7-8(6-11)5-9(14-7)10(13)12-3-4-15-2/h5H,3-4,6H2,1-2H3,(H,12,13). The van der Waals surface area contributed by atoms with E-state index < -0.39 is 0 Å². The van der Waals surface area contributed by atoms with Gasteiger partial charge in [0.25, 0.3) is 5.91 Å². The molecule has 1 amide bonds. The molecule has 0 fully saturated rings. The molecule has 0 saturated carbocycles. The molecular formula is C10H14ClNO2S. The van der Waals surface area contributed by atoms with Gasteiger partial charge in [-0.25, -0.2) is 0 Å². The van der Waals surface area contributed by atoms with Crippen LogP contribution in [0.2, 0.25) is 0 Å². The van der Waals surface area contributed by atoms with Crippen molar-refractivity contribution in [2.75, 3.05) is 18.6 Å². The Kier molecular flexibility index (Phi) is 5.05. The van der Waals surface area contributed by atoms with Crippen molar-refractivity contribution < 1.29 is 9.21 Å². The molecule has 1 heterocycles. The van der Waals surface area contributed by atoms with Gasteiger partial charge >= 0.3 is 0 Å². The summed E-state index contributed by atoms with van der Waals surface area (Å²) in [5.74, 6) is 2.13. The number of furan rings is 1. The molecule has 0 spiro atoms. The highest BCUT2D eigenvalue weighted by atomic mass is 35.5. The smallest absolute Gasteiger partial charge is 0.287 e. The fraction of sp³-hybridized carbons (Fsp3) is 0.500. The van der Waals surface area contributed by atoms with Crippen LogP contribution < -0.4 is 5.32 Å². The number of carbonyl (C=O) groups is 1. The summed E-state index contributed by atoms with van der Waals surface area (Å²) < 4.78 is 5.29. The molecule has 1 N–H and O–H groups in total. The van der Waals surface area contributed by atoms with E-state index in [9.17, 15) is 4.79 Å². The molecule has 0 radical (unpaired) electrons. The molecule has 0 aliphatic carbocycles. The maximum atomic E-state index is 11.5. The SMILES string of the molecule is CSCCNC(=O)c1cc(CCl)c(C)o1. The van der Waals surface area contributed by atoms with Gasteiger partial charge in [0.05, 0.1) is 5.88 Å². The van der Waals surface area contributed by atoms with Crippen LogP contribution in [0.3, 0.4) is 0 Å². The number of halogens is 1. The van der Waals surface area contributed by atoms with Gasteiger partial charge in [0, 0.05) is 17.9 Å². The van der Waals surface area contributed by atoms with Crippen LogP contribution in [0.5, 0.6) is 0 Å². The molecule has 3 nitrogen and oxygen atoms in total. The average molecular weight is 248 g/mol. The Labute approximate surface area is 98.6 Å². The van der Waals surface area contributed by atoms with Crippen LogP contribution in [-0.4, -0.2) is 24.5 Å². The summed E-state index contributed by atoms with van der Waals surface area (Å²) in [6.45, 7) is 2.45. The summed E-state index contributed by atoms with van der Waals surface area (Å²) in [6.07, 6.45) is 1.99. The van der Waals surface area contributed by atoms with Crippen LogP contribution in [0.15, 0.2) is 10.5 Å². The van der Waals surface area contributed by atoms with Crippen LogP contribution in [-0.2, 0) is 5.88 Å². The van der Waals surface area contributed by atoms with E-state index in [4.69, 9.17) is 16.0 Å². The number of thioether (sulfide) groups is 1. The first kappa shape index (κ1) is 12.5. The van der Waals surface area contributed by atoms with Crippen molar-refractivity contribution in [1.82, 2.24) is 5.32 Å². The lowest BCUT2D eigenvalue weighted by Gasteiger charge is -2.00. The van der Waals surface area contributed by atoms with Crippen LogP contribution in [0, 0.1) is 6.92 Å². The molecule has 1 aromatic heterocycles. The molecule has 0 aliphatic heterocycles. The lowest BCUT2D eigenvalue weighted by molar-refractivity contribution is 0.0927. The summed E-state index contributed by atoms with van der Waals surface area (Å²) in [7, 11) is 0. The fourth-order valence-corrected chi connectivity index (χ4v) is 1.69. The van der Waals surface area contributed by atoms with E-state index in [0.717, 1.165) is 11.3 Å². The average Bonchev–Trinajstić information content (AvgIpc) is 2.60. The first-order chi connectivity index (χ1) is 7.19. The molecule has 0 aliphatic rings. The quantitative estimate of drug-likeness (QED) is 0.642. The highest BCUT2D eigenvalue weighted by molar-refractivity contribution is 7.98. The number of aryl methyl sites for hydroxylation is 1. The second-order valence-electron chi connectivity index (χ2n) is 3.07. The van der Waals surface area contributed by atoms with Gasteiger partial charge in [-0.2, -0.15) is 11.8 Å². The molecule has 5 heteroatoms. The van der Waals surface area contributed by atoms with Crippen LogP contribution in [0.1, 0.15) is 21.9 Å². The zero-order chi connectivity index (χ0) is 11.3. The first-order valence-corrected chi connectivity index (χ1v) is 6.54. The maximum Gasteiger partial charge on any atom is 0.287 e. The molecule has 15 heavy (non-hydrogen) atoms. The normalized spacial score (nSPS) is 10.3. The van der Waals surface area contributed by atoms with E-state index in [2.05, 4.69) is 5.32 Å². The second kappa shape index (κ2) is 6.08. The van der Waals surface area contributed by atoms with Gasteiger partial charge in [-0.1, -0.05) is 0 Å². The number of amides is 1. The third-order valence-electron chi connectivity index (χ3n) is 1.98. The Balaban J connectivity index is 2.58. The van der Waals surface area contributed by atoms with Gasteiger partial charge in [-0.3, -0.25) is 4.79 Å². The minimum atomic E-state index is -0.177. The van der Waals surface area contributed by atoms with Crippen molar-refractivity contribution in [2.45, 2.75) is 12.8 Å². The topological polar surface area (TPSA) is 42.2 Å². The Bertz CT molecular complexity index is 338. The summed E-state index contributed by atoms with van der Waals surface area (Å²) in [4.78, 5) is 11.5. The van der Waals surface area contributed by atoms with E-state index >= 15 is 0 Å². The van der Waals surface area contributed by atoms with Crippen molar-refractivity contribution >= 4 is 29.3 Å². The Morgan fingerprint density at radius 2 is 2.40 bits per heavy atom. The Hall–Kier alpha value is -0.610. The molecular weight excluding hydrogens is 234 g/mol. The molecule has 0 atom stereocenters. The number of hydrogen-bond acceptors (Lipinski definition) is 3. The summed E-state index contributed by atoms with van der Waals surface area (Å²) in [6, 6.07) is 1.69. The van der Waals surface area contributed by atoms with Gasteiger partial charge in [0.2, 0.25) is 0 Å². The third kappa shape index (κ3) is 3.47. The summed E-state index contributed by atoms with van der Waals surface area (Å²) in [5, 5.41) is 2.77. The van der Waals surface area contributed by atoms with Gasteiger partial charge in [-0.05, 0) is 19.2 Å². The monoisotopic (exact) mass is 247 g/mol. The molecule has 0 aromatic carbocycles. The van der Waals surface area contributed by atoms with Crippen LogP contribution >= 0.6 is 23.4 Å². The number of hydrogen-bond donors (Lipinski definition) is 1. The third-order valence-corrected chi connectivity index (χ3v) is 2.88. The minimum absolute atomic E-state index is 0.177. The highest BCUT2D eigenvalue weighted by Gasteiger charge is 2.12. The van der Waals surface area contributed by atoms with Gasteiger partial charge < -0.3 is 9.73 Å². The predicted octanol–water partition coefficient (Wildman–Crippen LogP) is 2.42. The van der Waals surface area contributed by atoms with Crippen molar-refractivity contribution in [3.05, 3.63) is 23.2 Å². The number of rotatable bonds is 5. The Morgan fingerprint density at radius 3 is 2.93 bits per heavy atom. The van der Waals surface area contributed by atoms with E-state index in [-0.39, 0.29) is 5.91 Å². The van der Waals surface area contributed by atoms with Gasteiger partial charge in [-0.15, -0.1) is 11.6 Å². The van der Waals surface area contributed by atoms with E-state index in [0.29, 0.717) is 23.9 Å². The molecule has 84 valence electrons. The van der Waals surface area contributed by atoms with E-state index in [1.165, 1.54) is 0 Å². The lowest BCUT2D eigenvalue weighted by Crippen LogP contribution is -2.25. The molecule has 1 rings (SSSR count). The zero-order valence-electron chi connectivity index (χ0n) is 8.80. The fourth-order valence-electron chi connectivity index (χ4n) is 1.12. The zero-order valence-corrected chi connectivity index (χ0v) is 10.4. The van der Waals surface area contributed by atoms with Crippen molar-refractivity contribution in [1.29, 1.82) is 0 Å². The number of nitrogens with one attached hydrogen (secondary N) is 1. The highest BCUT2D eigenvalue weighted by Crippen LogP contribution is 2.16.